The number of nitrogens with one attached hydrogen (secondary N) is 1. The van der Waals surface area contributed by atoms with Gasteiger partial charge in [-0.15, -0.1) is 0 Å². The average Bonchev–Trinajstić information content (AvgIpc) is 3.26. The molecular formula is C23H25F3N4O. The fourth-order valence-electron chi connectivity index (χ4n) is 3.29. The zero-order valence-corrected chi connectivity index (χ0v) is 17.6. The van der Waals surface area contributed by atoms with Crippen molar-refractivity contribution in [2.24, 2.45) is 0 Å². The van der Waals surface area contributed by atoms with Gasteiger partial charge in [0.2, 0.25) is 0 Å². The van der Waals surface area contributed by atoms with Crippen LogP contribution < -0.4 is 5.32 Å². The topological polar surface area (TPSA) is 50.2 Å². The number of rotatable bonds is 7. The van der Waals surface area contributed by atoms with Crippen LogP contribution in [0.3, 0.4) is 0 Å². The molecule has 1 amide bonds. The summed E-state index contributed by atoms with van der Waals surface area (Å²) in [5, 5.41) is 6.35. The molecule has 0 fully saturated rings. The Hall–Kier alpha value is -3.13. The Balaban J connectivity index is 1.79. The van der Waals surface area contributed by atoms with E-state index in [2.05, 4.69) is 36.1 Å². The second-order valence-corrected chi connectivity index (χ2v) is 7.49. The molecule has 1 N–H and O–H groups in total. The van der Waals surface area contributed by atoms with E-state index in [0.29, 0.717) is 11.6 Å². The average molecular weight is 430 g/mol. The lowest BCUT2D eigenvalue weighted by atomic mass is 10.1. The maximum absolute atomic E-state index is 13.6. The van der Waals surface area contributed by atoms with Gasteiger partial charge in [0, 0.05) is 30.5 Å². The molecule has 0 spiro atoms. The Morgan fingerprint density at radius 1 is 1.16 bits per heavy atom. The van der Waals surface area contributed by atoms with Crippen molar-refractivity contribution in [3.05, 3.63) is 77.6 Å². The monoisotopic (exact) mass is 430 g/mol. The minimum absolute atomic E-state index is 0.255. The summed E-state index contributed by atoms with van der Waals surface area (Å²) >= 11 is 0. The standard InChI is InChI=1S/C23H25F3N4O/c1-4-29(16(2)3)15-17-6-8-18(9-7-17)22(31)28-21-11-10-19(30-13-5-12-27-30)14-20(21)23(24,25)26/h5-14,16H,4,15H2,1-3H3,(H,28,31). The highest BCUT2D eigenvalue weighted by molar-refractivity contribution is 6.04. The van der Waals surface area contributed by atoms with Crippen molar-refractivity contribution >= 4 is 11.6 Å². The van der Waals surface area contributed by atoms with E-state index in [1.165, 1.54) is 23.0 Å². The van der Waals surface area contributed by atoms with Crippen LogP contribution >= 0.6 is 0 Å². The molecule has 0 bridgehead atoms. The molecule has 0 aliphatic rings. The Morgan fingerprint density at radius 2 is 1.87 bits per heavy atom. The minimum atomic E-state index is -4.63. The van der Waals surface area contributed by atoms with Crippen LogP contribution in [0, 0.1) is 0 Å². The summed E-state index contributed by atoms with van der Waals surface area (Å²) in [6, 6.07) is 12.6. The highest BCUT2D eigenvalue weighted by atomic mass is 19.4. The molecule has 0 aliphatic heterocycles. The molecule has 31 heavy (non-hydrogen) atoms. The van der Waals surface area contributed by atoms with E-state index in [9.17, 15) is 18.0 Å². The molecule has 0 atom stereocenters. The fraction of sp³-hybridized carbons (Fsp3) is 0.304. The molecule has 0 aliphatic carbocycles. The third kappa shape index (κ3) is 5.52. The van der Waals surface area contributed by atoms with Crippen LogP contribution in [0.4, 0.5) is 18.9 Å². The summed E-state index contributed by atoms with van der Waals surface area (Å²) in [5.74, 6) is -0.597. The third-order valence-electron chi connectivity index (χ3n) is 5.06. The van der Waals surface area contributed by atoms with Gasteiger partial charge >= 0.3 is 6.18 Å². The normalized spacial score (nSPS) is 11.9. The highest BCUT2D eigenvalue weighted by Crippen LogP contribution is 2.36. The molecule has 8 heteroatoms. The molecular weight excluding hydrogens is 405 g/mol. The number of aromatic nitrogens is 2. The molecule has 3 aromatic rings. The minimum Gasteiger partial charge on any atom is -0.321 e. The maximum Gasteiger partial charge on any atom is 0.418 e. The van der Waals surface area contributed by atoms with E-state index >= 15 is 0 Å². The predicted molar refractivity (Wildman–Crippen MR) is 114 cm³/mol. The lowest BCUT2D eigenvalue weighted by Crippen LogP contribution is -2.29. The lowest BCUT2D eigenvalue weighted by molar-refractivity contribution is -0.136. The van der Waals surface area contributed by atoms with E-state index in [0.717, 1.165) is 24.7 Å². The number of alkyl halides is 3. The zero-order valence-electron chi connectivity index (χ0n) is 17.6. The van der Waals surface area contributed by atoms with Crippen LogP contribution in [0.5, 0.6) is 0 Å². The van der Waals surface area contributed by atoms with E-state index in [-0.39, 0.29) is 11.4 Å². The molecule has 0 radical (unpaired) electrons. The van der Waals surface area contributed by atoms with Crippen molar-refractivity contribution in [2.75, 3.05) is 11.9 Å². The fourth-order valence-corrected chi connectivity index (χ4v) is 3.29. The first-order valence-electron chi connectivity index (χ1n) is 10.0. The van der Waals surface area contributed by atoms with Gasteiger partial charge in [0.25, 0.3) is 5.91 Å². The Labute approximate surface area is 179 Å². The number of halogens is 3. The first kappa shape index (κ1) is 22.6. The number of hydrogen-bond donors (Lipinski definition) is 1. The first-order chi connectivity index (χ1) is 14.7. The summed E-state index contributed by atoms with van der Waals surface area (Å²) < 4.78 is 42.2. The second kappa shape index (κ2) is 9.34. The summed E-state index contributed by atoms with van der Waals surface area (Å²) in [6.07, 6.45) is -1.60. The van der Waals surface area contributed by atoms with Gasteiger partial charge in [-0.05, 0) is 62.4 Å². The summed E-state index contributed by atoms with van der Waals surface area (Å²) in [7, 11) is 0. The van der Waals surface area contributed by atoms with E-state index < -0.39 is 17.6 Å². The van der Waals surface area contributed by atoms with Crippen molar-refractivity contribution in [1.82, 2.24) is 14.7 Å². The molecule has 1 aromatic heterocycles. The predicted octanol–water partition coefficient (Wildman–Crippen LogP) is 5.37. The van der Waals surface area contributed by atoms with Gasteiger partial charge in [0.05, 0.1) is 16.9 Å². The maximum atomic E-state index is 13.6. The summed E-state index contributed by atoms with van der Waals surface area (Å²) in [6.45, 7) is 7.94. The molecule has 164 valence electrons. The molecule has 0 unspecified atom stereocenters. The number of anilines is 1. The van der Waals surface area contributed by atoms with Gasteiger partial charge in [-0.2, -0.15) is 18.3 Å². The van der Waals surface area contributed by atoms with Crippen LogP contribution in [0.15, 0.2) is 60.9 Å². The van der Waals surface area contributed by atoms with Crippen LogP contribution in [0.25, 0.3) is 5.69 Å². The number of carbonyl (C=O) groups is 1. The number of nitrogens with zero attached hydrogens (tertiary/aromatic N) is 3. The second-order valence-electron chi connectivity index (χ2n) is 7.49. The zero-order chi connectivity index (χ0) is 22.6. The van der Waals surface area contributed by atoms with E-state index in [4.69, 9.17) is 0 Å². The largest absolute Gasteiger partial charge is 0.418 e. The lowest BCUT2D eigenvalue weighted by Gasteiger charge is -2.24. The van der Waals surface area contributed by atoms with Crippen LogP contribution in [-0.2, 0) is 12.7 Å². The number of carbonyl (C=O) groups excluding carboxylic acids is 1. The van der Waals surface area contributed by atoms with E-state index in [1.807, 2.05) is 12.1 Å². The smallest absolute Gasteiger partial charge is 0.321 e. The molecule has 5 nitrogen and oxygen atoms in total. The molecule has 2 aromatic carbocycles. The highest BCUT2D eigenvalue weighted by Gasteiger charge is 2.34. The van der Waals surface area contributed by atoms with Gasteiger partial charge in [-0.1, -0.05) is 19.1 Å². The third-order valence-corrected chi connectivity index (χ3v) is 5.06. The molecule has 1 heterocycles. The molecule has 0 saturated heterocycles. The Morgan fingerprint density at radius 3 is 2.42 bits per heavy atom. The van der Waals surface area contributed by atoms with Crippen LogP contribution in [-0.4, -0.2) is 33.2 Å². The van der Waals surface area contributed by atoms with Gasteiger partial charge < -0.3 is 5.32 Å². The van der Waals surface area contributed by atoms with Crippen molar-refractivity contribution in [2.45, 2.75) is 39.5 Å². The van der Waals surface area contributed by atoms with Gasteiger partial charge in [0.15, 0.2) is 0 Å². The number of benzene rings is 2. The first-order valence-corrected chi connectivity index (χ1v) is 10.0. The van der Waals surface area contributed by atoms with Crippen molar-refractivity contribution in [3.8, 4) is 5.69 Å². The van der Waals surface area contributed by atoms with Crippen LogP contribution in [0.2, 0.25) is 0 Å². The summed E-state index contributed by atoms with van der Waals surface area (Å²) in [4.78, 5) is 14.9. The molecule has 3 rings (SSSR count). The van der Waals surface area contributed by atoms with Gasteiger partial charge in [0.1, 0.15) is 0 Å². The quantitative estimate of drug-likeness (QED) is 0.548. The van der Waals surface area contributed by atoms with Crippen LogP contribution in [0.1, 0.15) is 42.3 Å². The number of hydrogen-bond acceptors (Lipinski definition) is 3. The van der Waals surface area contributed by atoms with Crippen molar-refractivity contribution in [1.29, 1.82) is 0 Å². The van der Waals surface area contributed by atoms with Crippen molar-refractivity contribution in [3.63, 3.8) is 0 Å². The summed E-state index contributed by atoms with van der Waals surface area (Å²) in [5.41, 5.74) is 0.355. The van der Waals surface area contributed by atoms with E-state index in [1.54, 1.807) is 24.4 Å². The Bertz CT molecular complexity index is 1010. The SMILES string of the molecule is CCN(Cc1ccc(C(=O)Nc2ccc(-n3cccn3)cc2C(F)(F)F)cc1)C(C)C. The van der Waals surface area contributed by atoms with Gasteiger partial charge in [-0.25, -0.2) is 4.68 Å². The Kier molecular flexibility index (Phi) is 6.80. The molecule has 0 saturated carbocycles. The van der Waals surface area contributed by atoms with Crippen molar-refractivity contribution < 1.29 is 18.0 Å². The van der Waals surface area contributed by atoms with Gasteiger partial charge in [-0.3, -0.25) is 9.69 Å². The number of amides is 1.